The fourth-order valence-corrected chi connectivity index (χ4v) is 3.24. The SMILES string of the molecule is Cl.NCC(c1ccccc1Cl)S(=O)(=O)CC(=O)O. The Balaban J connectivity index is 0.00000289. The molecule has 0 aliphatic rings. The number of carboxylic acids is 1. The number of carboxylic acid groups (broad SMARTS) is 1. The first kappa shape index (κ1) is 17.2. The second-order valence-corrected chi connectivity index (χ2v) is 6.04. The monoisotopic (exact) mass is 313 g/mol. The third-order valence-corrected chi connectivity index (χ3v) is 4.53. The number of rotatable bonds is 5. The van der Waals surface area contributed by atoms with Crippen molar-refractivity contribution in [3.8, 4) is 0 Å². The van der Waals surface area contributed by atoms with Gasteiger partial charge in [0.2, 0.25) is 0 Å². The number of sulfone groups is 1. The van der Waals surface area contributed by atoms with Crippen LogP contribution >= 0.6 is 24.0 Å². The van der Waals surface area contributed by atoms with E-state index < -0.39 is 26.8 Å². The molecule has 0 amide bonds. The predicted molar refractivity (Wildman–Crippen MR) is 71.9 cm³/mol. The van der Waals surface area contributed by atoms with Gasteiger partial charge in [0.1, 0.15) is 11.0 Å². The zero-order valence-electron chi connectivity index (χ0n) is 9.24. The van der Waals surface area contributed by atoms with Gasteiger partial charge in [-0.05, 0) is 11.6 Å². The molecule has 8 heteroatoms. The van der Waals surface area contributed by atoms with Crippen molar-refractivity contribution in [3.05, 3.63) is 34.9 Å². The van der Waals surface area contributed by atoms with Gasteiger partial charge in [-0.25, -0.2) is 8.42 Å². The maximum Gasteiger partial charge on any atom is 0.318 e. The fourth-order valence-electron chi connectivity index (χ4n) is 1.48. The Morgan fingerprint density at radius 1 is 1.39 bits per heavy atom. The van der Waals surface area contributed by atoms with E-state index in [0.717, 1.165) is 0 Å². The topological polar surface area (TPSA) is 97.5 Å². The molecule has 1 aromatic rings. The fraction of sp³-hybridized carbons (Fsp3) is 0.300. The molecule has 0 aromatic heterocycles. The Bertz CT molecular complexity index is 518. The van der Waals surface area contributed by atoms with Crippen LogP contribution in [-0.2, 0) is 14.6 Å². The molecule has 1 rings (SSSR count). The molecule has 0 aliphatic carbocycles. The largest absolute Gasteiger partial charge is 0.480 e. The molecular formula is C10H13Cl2NO4S. The van der Waals surface area contributed by atoms with Crippen LogP contribution in [0.15, 0.2) is 24.3 Å². The van der Waals surface area contributed by atoms with E-state index >= 15 is 0 Å². The molecule has 0 saturated heterocycles. The molecule has 102 valence electrons. The molecule has 0 spiro atoms. The molecule has 0 fully saturated rings. The minimum atomic E-state index is -3.86. The Labute approximate surface area is 116 Å². The molecule has 0 bridgehead atoms. The number of aliphatic carboxylic acids is 1. The first-order valence-electron chi connectivity index (χ1n) is 4.76. The smallest absolute Gasteiger partial charge is 0.318 e. The van der Waals surface area contributed by atoms with E-state index in [0.29, 0.717) is 5.56 Å². The highest BCUT2D eigenvalue weighted by Gasteiger charge is 2.29. The summed E-state index contributed by atoms with van der Waals surface area (Å²) >= 11 is 5.87. The zero-order valence-corrected chi connectivity index (χ0v) is 11.6. The van der Waals surface area contributed by atoms with Crippen molar-refractivity contribution in [2.24, 2.45) is 5.73 Å². The highest BCUT2D eigenvalue weighted by atomic mass is 35.5. The van der Waals surface area contributed by atoms with Crippen molar-refractivity contribution in [1.29, 1.82) is 0 Å². The average molecular weight is 314 g/mol. The third-order valence-electron chi connectivity index (χ3n) is 2.22. The van der Waals surface area contributed by atoms with Crippen LogP contribution in [-0.4, -0.2) is 31.8 Å². The Morgan fingerprint density at radius 3 is 2.39 bits per heavy atom. The predicted octanol–water partition coefficient (Wildman–Crippen LogP) is 1.26. The number of benzene rings is 1. The van der Waals surface area contributed by atoms with Crippen LogP contribution in [0.25, 0.3) is 0 Å². The Morgan fingerprint density at radius 2 is 1.94 bits per heavy atom. The molecule has 0 aliphatic heterocycles. The normalized spacial score (nSPS) is 12.6. The van der Waals surface area contributed by atoms with E-state index in [4.69, 9.17) is 22.4 Å². The van der Waals surface area contributed by atoms with E-state index in [1.54, 1.807) is 12.1 Å². The van der Waals surface area contributed by atoms with E-state index in [9.17, 15) is 13.2 Å². The number of nitrogens with two attached hydrogens (primary N) is 1. The summed E-state index contributed by atoms with van der Waals surface area (Å²) in [5, 5.41) is 7.73. The first-order chi connectivity index (χ1) is 7.88. The lowest BCUT2D eigenvalue weighted by Gasteiger charge is -2.16. The van der Waals surface area contributed by atoms with Crippen LogP contribution in [0, 0.1) is 0 Å². The lowest BCUT2D eigenvalue weighted by atomic mass is 10.1. The van der Waals surface area contributed by atoms with Gasteiger partial charge in [-0.3, -0.25) is 4.79 Å². The van der Waals surface area contributed by atoms with E-state index in [2.05, 4.69) is 0 Å². The van der Waals surface area contributed by atoms with Crippen molar-refractivity contribution in [1.82, 2.24) is 0 Å². The maximum atomic E-state index is 11.8. The van der Waals surface area contributed by atoms with Crippen molar-refractivity contribution >= 4 is 39.8 Å². The minimum absolute atomic E-state index is 0. The number of carbonyl (C=O) groups is 1. The summed E-state index contributed by atoms with van der Waals surface area (Å²) in [5.41, 5.74) is 5.74. The van der Waals surface area contributed by atoms with E-state index in [1.165, 1.54) is 12.1 Å². The maximum absolute atomic E-state index is 11.8. The standard InChI is InChI=1S/C10H12ClNO4S.ClH/c11-8-4-2-1-3-7(8)9(5-12)17(15,16)6-10(13)14;/h1-4,9H,5-6,12H2,(H,13,14);1H. The van der Waals surface area contributed by atoms with Crippen LogP contribution in [0.2, 0.25) is 5.02 Å². The van der Waals surface area contributed by atoms with Crippen molar-refractivity contribution in [3.63, 3.8) is 0 Å². The molecular weight excluding hydrogens is 301 g/mol. The molecule has 0 saturated carbocycles. The highest BCUT2D eigenvalue weighted by Crippen LogP contribution is 2.28. The molecule has 5 nitrogen and oxygen atoms in total. The van der Waals surface area contributed by atoms with Crippen LogP contribution in [0.1, 0.15) is 10.8 Å². The van der Waals surface area contributed by atoms with Gasteiger partial charge in [-0.1, -0.05) is 29.8 Å². The first-order valence-corrected chi connectivity index (χ1v) is 6.85. The number of halogens is 2. The summed E-state index contributed by atoms with van der Waals surface area (Å²) < 4.78 is 23.6. The van der Waals surface area contributed by atoms with E-state index in [-0.39, 0.29) is 24.0 Å². The van der Waals surface area contributed by atoms with Gasteiger partial charge >= 0.3 is 5.97 Å². The van der Waals surface area contributed by atoms with E-state index in [1.807, 2.05) is 0 Å². The quantitative estimate of drug-likeness (QED) is 0.853. The number of hydrogen-bond acceptors (Lipinski definition) is 4. The van der Waals surface area contributed by atoms with Crippen LogP contribution < -0.4 is 5.73 Å². The van der Waals surface area contributed by atoms with Gasteiger partial charge in [0.15, 0.2) is 9.84 Å². The molecule has 1 aromatic carbocycles. The van der Waals surface area contributed by atoms with Crippen molar-refractivity contribution in [2.45, 2.75) is 5.25 Å². The minimum Gasteiger partial charge on any atom is -0.480 e. The molecule has 0 radical (unpaired) electrons. The highest BCUT2D eigenvalue weighted by molar-refractivity contribution is 7.92. The third kappa shape index (κ3) is 4.13. The summed E-state index contributed by atoms with van der Waals surface area (Å²) in [6.07, 6.45) is 0. The van der Waals surface area contributed by atoms with Gasteiger partial charge in [-0.2, -0.15) is 0 Å². The van der Waals surface area contributed by atoms with Gasteiger partial charge in [0.05, 0.1) is 0 Å². The zero-order chi connectivity index (χ0) is 13.1. The van der Waals surface area contributed by atoms with Crippen molar-refractivity contribution in [2.75, 3.05) is 12.3 Å². The molecule has 3 N–H and O–H groups in total. The molecule has 1 unspecified atom stereocenters. The van der Waals surface area contributed by atoms with Crippen LogP contribution in [0.4, 0.5) is 0 Å². The van der Waals surface area contributed by atoms with Crippen LogP contribution in [0.3, 0.4) is 0 Å². The van der Waals surface area contributed by atoms with Gasteiger partial charge in [0.25, 0.3) is 0 Å². The Hall–Kier alpha value is -0.820. The molecule has 18 heavy (non-hydrogen) atoms. The summed E-state index contributed by atoms with van der Waals surface area (Å²) in [4.78, 5) is 10.5. The second-order valence-electron chi connectivity index (χ2n) is 3.45. The van der Waals surface area contributed by atoms with Crippen molar-refractivity contribution < 1.29 is 18.3 Å². The summed E-state index contributed by atoms with van der Waals surface area (Å²) in [6, 6.07) is 6.35. The Kier molecular flexibility index (Phi) is 6.62. The average Bonchev–Trinajstić information content (AvgIpc) is 2.19. The van der Waals surface area contributed by atoms with Gasteiger partial charge in [-0.15, -0.1) is 12.4 Å². The molecule has 0 heterocycles. The van der Waals surface area contributed by atoms with Gasteiger partial charge < -0.3 is 10.8 Å². The number of hydrogen-bond donors (Lipinski definition) is 2. The van der Waals surface area contributed by atoms with Gasteiger partial charge in [0, 0.05) is 11.6 Å². The summed E-state index contributed by atoms with van der Waals surface area (Å²) in [6.45, 7) is -0.209. The lowest BCUT2D eigenvalue weighted by Crippen LogP contribution is -2.27. The summed E-state index contributed by atoms with van der Waals surface area (Å²) in [5.74, 6) is -2.37. The second kappa shape index (κ2) is 6.94. The van der Waals surface area contributed by atoms with Crippen LogP contribution in [0.5, 0.6) is 0 Å². The summed E-state index contributed by atoms with van der Waals surface area (Å²) in [7, 11) is -3.86. The molecule has 1 atom stereocenters. The lowest BCUT2D eigenvalue weighted by molar-refractivity contribution is -0.134.